The normalized spacial score (nSPS) is 35.5. The monoisotopic (exact) mass is 478 g/mol. The molecule has 6 atom stereocenters. The second-order valence-corrected chi connectivity index (χ2v) is 11.8. The Kier molecular flexibility index (Phi) is 6.03. The Morgan fingerprint density at radius 1 is 1.17 bits per heavy atom. The third kappa shape index (κ3) is 3.06. The molecule has 1 aromatic rings. The summed E-state index contributed by atoms with van der Waals surface area (Å²) in [4.78, 5) is 42.5. The fourth-order valence-corrected chi connectivity index (χ4v) is 7.82. The zero-order valence-corrected chi connectivity index (χ0v) is 21.8. The quantitative estimate of drug-likeness (QED) is 0.331. The smallest absolute Gasteiger partial charge is 0.306 e. The third-order valence-corrected chi connectivity index (χ3v) is 9.66. The minimum Gasteiger partial charge on any atom is -0.469 e. The van der Waals surface area contributed by atoms with Crippen molar-refractivity contribution in [1.82, 2.24) is 0 Å². The van der Waals surface area contributed by atoms with Crippen LogP contribution in [0.1, 0.15) is 71.8 Å². The topological polar surface area (TPSA) is 80.7 Å². The van der Waals surface area contributed by atoms with E-state index in [9.17, 15) is 19.5 Å². The summed E-state index contributed by atoms with van der Waals surface area (Å²) in [5.74, 6) is -2.39. The highest BCUT2D eigenvalue weighted by Crippen LogP contribution is 2.77. The van der Waals surface area contributed by atoms with Gasteiger partial charge in [-0.1, -0.05) is 68.0 Å². The molecule has 0 amide bonds. The molecule has 6 unspecified atom stereocenters. The van der Waals surface area contributed by atoms with Crippen molar-refractivity contribution in [1.29, 1.82) is 0 Å². The summed E-state index contributed by atoms with van der Waals surface area (Å²) in [5.41, 5.74) is -2.96. The van der Waals surface area contributed by atoms with E-state index in [0.29, 0.717) is 19.3 Å². The molecular weight excluding hydrogens is 440 g/mol. The van der Waals surface area contributed by atoms with Crippen LogP contribution in [-0.4, -0.2) is 35.4 Å². The van der Waals surface area contributed by atoms with Crippen molar-refractivity contribution in [2.75, 3.05) is 7.11 Å². The fraction of sp³-hybridized carbons (Fsp3) is 0.567. The highest BCUT2D eigenvalue weighted by Gasteiger charge is 2.87. The minimum atomic E-state index is -1.87. The standard InChI is InChI=1S/C30H38O5/c1-18(2)13-14-28-17-21-15-22(19(3)4)30(28,34)26(33)29(25(28)32,27(21,5)6)23(16-24(31)35-7)20-11-9-8-10-12-20/h8-13,21-23,34H,3,14-17H2,1-2,4-7H3. The van der Waals surface area contributed by atoms with E-state index in [1.807, 2.05) is 71.0 Å². The second kappa shape index (κ2) is 8.26. The Morgan fingerprint density at radius 3 is 2.34 bits per heavy atom. The van der Waals surface area contributed by atoms with Gasteiger partial charge in [0.2, 0.25) is 0 Å². The zero-order chi connectivity index (χ0) is 26.0. The number of rotatable bonds is 7. The number of methoxy groups -OCH3 is 1. The Labute approximate surface area is 208 Å². The van der Waals surface area contributed by atoms with E-state index in [1.54, 1.807) is 0 Å². The number of carbonyl (C=O) groups excluding carboxylic acids is 3. The summed E-state index contributed by atoms with van der Waals surface area (Å²) < 4.78 is 5.05. The second-order valence-electron chi connectivity index (χ2n) is 11.8. The molecule has 1 N–H and O–H groups in total. The van der Waals surface area contributed by atoms with Crippen molar-refractivity contribution >= 4 is 17.5 Å². The van der Waals surface area contributed by atoms with Gasteiger partial charge in [-0.3, -0.25) is 14.4 Å². The van der Waals surface area contributed by atoms with Gasteiger partial charge < -0.3 is 9.84 Å². The van der Waals surface area contributed by atoms with Crippen LogP contribution in [0.15, 0.2) is 54.1 Å². The van der Waals surface area contributed by atoms with Crippen LogP contribution in [0.3, 0.4) is 0 Å². The lowest BCUT2D eigenvalue weighted by Gasteiger charge is -2.59. The number of hydrogen-bond acceptors (Lipinski definition) is 5. The third-order valence-electron chi connectivity index (χ3n) is 9.66. The molecule has 5 nitrogen and oxygen atoms in total. The first-order chi connectivity index (χ1) is 16.3. The molecule has 4 rings (SSSR count). The number of allylic oxidation sites excluding steroid dienone is 2. The van der Waals surface area contributed by atoms with Crippen molar-refractivity contribution in [2.24, 2.45) is 28.1 Å². The van der Waals surface area contributed by atoms with Gasteiger partial charge in [-0.05, 0) is 56.9 Å². The maximum Gasteiger partial charge on any atom is 0.306 e. The number of Topliss-reactive ketones (excluding diaryl/α,β-unsaturated/α-hetero) is 2. The van der Waals surface area contributed by atoms with Crippen molar-refractivity contribution in [3.8, 4) is 0 Å². The first-order valence-electron chi connectivity index (χ1n) is 12.5. The Morgan fingerprint density at radius 2 is 1.80 bits per heavy atom. The Hall–Kier alpha value is -2.53. The Bertz CT molecular complexity index is 1110. The molecule has 3 aliphatic rings. The van der Waals surface area contributed by atoms with Gasteiger partial charge in [0.05, 0.1) is 18.9 Å². The number of ketones is 2. The van der Waals surface area contributed by atoms with Gasteiger partial charge in [0.1, 0.15) is 11.0 Å². The summed E-state index contributed by atoms with van der Waals surface area (Å²) >= 11 is 0. The van der Waals surface area contributed by atoms with Crippen LogP contribution in [0.4, 0.5) is 0 Å². The molecule has 0 aliphatic heterocycles. The molecule has 188 valence electrons. The maximum absolute atomic E-state index is 14.9. The van der Waals surface area contributed by atoms with Gasteiger partial charge in [0, 0.05) is 11.8 Å². The van der Waals surface area contributed by atoms with E-state index in [-0.39, 0.29) is 18.1 Å². The summed E-state index contributed by atoms with van der Waals surface area (Å²) in [6, 6.07) is 9.31. The predicted octanol–water partition coefficient (Wildman–Crippen LogP) is 5.19. The van der Waals surface area contributed by atoms with Crippen LogP contribution in [-0.2, 0) is 19.1 Å². The highest BCUT2D eigenvalue weighted by molar-refractivity contribution is 6.23. The van der Waals surface area contributed by atoms with Crippen LogP contribution in [0.2, 0.25) is 0 Å². The van der Waals surface area contributed by atoms with Crippen molar-refractivity contribution < 1.29 is 24.2 Å². The van der Waals surface area contributed by atoms with E-state index in [0.717, 1.165) is 16.7 Å². The number of fused-ring (bicyclic) bond motifs is 2. The largest absolute Gasteiger partial charge is 0.469 e. The number of carbonyl (C=O) groups is 3. The molecule has 5 heteroatoms. The number of esters is 1. The van der Waals surface area contributed by atoms with Crippen molar-refractivity contribution in [3.63, 3.8) is 0 Å². The first kappa shape index (κ1) is 25.6. The van der Waals surface area contributed by atoms with Crippen LogP contribution >= 0.6 is 0 Å². The van der Waals surface area contributed by atoms with Crippen LogP contribution < -0.4 is 0 Å². The van der Waals surface area contributed by atoms with Gasteiger partial charge in [-0.2, -0.15) is 0 Å². The molecule has 3 bridgehead atoms. The van der Waals surface area contributed by atoms with E-state index >= 15 is 0 Å². The Balaban J connectivity index is 2.08. The number of benzene rings is 1. The molecule has 3 aliphatic carbocycles. The van der Waals surface area contributed by atoms with Gasteiger partial charge in [0.25, 0.3) is 0 Å². The van der Waals surface area contributed by atoms with E-state index in [1.165, 1.54) is 7.11 Å². The minimum absolute atomic E-state index is 0.00282. The first-order valence-corrected chi connectivity index (χ1v) is 12.5. The average molecular weight is 479 g/mol. The molecule has 0 aromatic heterocycles. The van der Waals surface area contributed by atoms with Crippen LogP contribution in [0.5, 0.6) is 0 Å². The SMILES string of the molecule is C=C(C)C1CC2CC3(CC=C(C)C)C(=O)C(C(CC(=O)OC)c4ccccc4)(C(=O)C13O)C2(C)C. The average Bonchev–Trinajstić information content (AvgIpc) is 2.90. The molecule has 0 radical (unpaired) electrons. The predicted molar refractivity (Wildman–Crippen MR) is 135 cm³/mol. The van der Waals surface area contributed by atoms with Gasteiger partial charge >= 0.3 is 5.97 Å². The molecule has 1 aromatic carbocycles. The summed E-state index contributed by atoms with van der Waals surface area (Å²) in [6.45, 7) is 13.9. The van der Waals surface area contributed by atoms with E-state index < -0.39 is 45.4 Å². The molecule has 0 spiro atoms. The maximum atomic E-state index is 14.9. The zero-order valence-electron chi connectivity index (χ0n) is 21.8. The fourth-order valence-electron chi connectivity index (χ4n) is 7.82. The lowest BCUT2D eigenvalue weighted by atomic mass is 9.42. The molecule has 0 saturated heterocycles. The van der Waals surface area contributed by atoms with Crippen molar-refractivity contribution in [2.45, 2.75) is 71.8 Å². The summed E-state index contributed by atoms with van der Waals surface area (Å²) in [7, 11) is 1.32. The molecule has 3 fully saturated rings. The van der Waals surface area contributed by atoms with E-state index in [4.69, 9.17) is 4.74 Å². The van der Waals surface area contributed by atoms with Crippen LogP contribution in [0.25, 0.3) is 0 Å². The highest BCUT2D eigenvalue weighted by atomic mass is 16.5. The van der Waals surface area contributed by atoms with Gasteiger partial charge in [-0.15, -0.1) is 0 Å². The summed E-state index contributed by atoms with van der Waals surface area (Å²) in [6.07, 6.45) is 3.21. The number of hydrogen-bond donors (Lipinski definition) is 1. The lowest BCUT2D eigenvalue weighted by Crippen LogP contribution is -2.63. The molecule has 0 heterocycles. The molecule has 35 heavy (non-hydrogen) atoms. The van der Waals surface area contributed by atoms with E-state index in [2.05, 4.69) is 6.58 Å². The van der Waals surface area contributed by atoms with Crippen LogP contribution in [0, 0.1) is 28.1 Å². The van der Waals surface area contributed by atoms with Gasteiger partial charge in [0.15, 0.2) is 11.6 Å². The van der Waals surface area contributed by atoms with Gasteiger partial charge in [-0.25, -0.2) is 0 Å². The molecule has 3 saturated carbocycles. The van der Waals surface area contributed by atoms with Crippen molar-refractivity contribution in [3.05, 3.63) is 59.7 Å². The number of ether oxygens (including phenoxy) is 1. The summed E-state index contributed by atoms with van der Waals surface area (Å²) in [5, 5.41) is 12.5. The molecular formula is C30H38O5. The lowest BCUT2D eigenvalue weighted by molar-refractivity contribution is -0.178. The number of aliphatic hydroxyl groups is 1.